The zero-order valence-corrected chi connectivity index (χ0v) is 25.8. The van der Waals surface area contributed by atoms with Crippen LogP contribution in [0.4, 0.5) is 0 Å². The van der Waals surface area contributed by atoms with Gasteiger partial charge in [-0.05, 0) is 123 Å². The van der Waals surface area contributed by atoms with Crippen LogP contribution in [0.15, 0.2) is 91.5 Å². The van der Waals surface area contributed by atoms with E-state index in [2.05, 4.69) is 105 Å². The zero-order valence-electron chi connectivity index (χ0n) is 25.8. The smallest absolute Gasteiger partial charge is 0.119 e. The third-order valence-electron chi connectivity index (χ3n) is 7.81. The molecule has 1 N–H and O–H groups in total. The van der Waals surface area contributed by atoms with Crippen molar-refractivity contribution in [1.29, 1.82) is 0 Å². The van der Waals surface area contributed by atoms with Crippen molar-refractivity contribution < 1.29 is 9.53 Å². The average Bonchev–Trinajstić information content (AvgIpc) is 3.03. The first-order valence-corrected chi connectivity index (χ1v) is 15.2. The SMILES string of the molecule is C/C=C/CCC1CCC(c2ccc(-c3ccc(-c4ccc(OCCNC)cc4)cc3CC)cc2)CC1.C=CC.C=O. The van der Waals surface area contributed by atoms with Crippen LogP contribution in [0.25, 0.3) is 22.3 Å². The van der Waals surface area contributed by atoms with Crippen molar-refractivity contribution in [2.24, 2.45) is 5.92 Å². The fraction of sp³-hybridized carbons (Fsp3) is 0.395. The number of nitrogens with one attached hydrogen (secondary N) is 1. The molecule has 0 heterocycles. The second-order valence-corrected chi connectivity index (χ2v) is 10.6. The summed E-state index contributed by atoms with van der Waals surface area (Å²) in [5.41, 5.74) is 8.10. The van der Waals surface area contributed by atoms with E-state index in [0.717, 1.165) is 30.6 Å². The molecule has 0 bridgehead atoms. The van der Waals surface area contributed by atoms with Gasteiger partial charge in [0.05, 0.1) is 0 Å². The lowest BCUT2D eigenvalue weighted by Gasteiger charge is -2.28. The number of carbonyl (C=O) groups is 1. The minimum absolute atomic E-state index is 0.682. The molecular weight excluding hydrogens is 502 g/mol. The molecule has 0 aliphatic heterocycles. The van der Waals surface area contributed by atoms with E-state index in [1.807, 2.05) is 20.8 Å². The molecule has 0 spiro atoms. The summed E-state index contributed by atoms with van der Waals surface area (Å²) in [6, 6.07) is 24.8. The molecule has 0 atom stereocenters. The summed E-state index contributed by atoms with van der Waals surface area (Å²) in [7, 11) is 1.94. The topological polar surface area (TPSA) is 38.3 Å². The summed E-state index contributed by atoms with van der Waals surface area (Å²) in [6.07, 6.45) is 15.3. The van der Waals surface area contributed by atoms with Crippen LogP contribution < -0.4 is 10.1 Å². The minimum atomic E-state index is 0.682. The van der Waals surface area contributed by atoms with Gasteiger partial charge in [-0.25, -0.2) is 0 Å². The van der Waals surface area contributed by atoms with Crippen LogP contribution in [0.5, 0.6) is 5.75 Å². The highest BCUT2D eigenvalue weighted by Gasteiger charge is 2.22. The number of likely N-dealkylation sites (N-methyl/N-ethyl adjacent to an activating group) is 1. The Morgan fingerprint density at radius 2 is 1.49 bits per heavy atom. The molecule has 220 valence electrons. The number of ether oxygens (including phenoxy) is 1. The van der Waals surface area contributed by atoms with Gasteiger partial charge in [0.1, 0.15) is 19.1 Å². The van der Waals surface area contributed by atoms with Gasteiger partial charge in [-0.3, -0.25) is 0 Å². The number of hydrogen-bond acceptors (Lipinski definition) is 3. The van der Waals surface area contributed by atoms with Crippen LogP contribution in [-0.4, -0.2) is 27.0 Å². The maximum Gasteiger partial charge on any atom is 0.119 e. The van der Waals surface area contributed by atoms with Gasteiger partial charge in [0.25, 0.3) is 0 Å². The molecular formula is C38H51NO2. The third kappa shape index (κ3) is 10.8. The highest BCUT2D eigenvalue weighted by Crippen LogP contribution is 2.38. The van der Waals surface area contributed by atoms with E-state index in [4.69, 9.17) is 9.53 Å². The van der Waals surface area contributed by atoms with E-state index in [0.29, 0.717) is 6.61 Å². The van der Waals surface area contributed by atoms with E-state index in [1.165, 1.54) is 71.9 Å². The Morgan fingerprint density at radius 3 is 2.07 bits per heavy atom. The van der Waals surface area contributed by atoms with E-state index >= 15 is 0 Å². The Bertz CT molecular complexity index is 1160. The Kier molecular flexibility index (Phi) is 16.2. The van der Waals surface area contributed by atoms with Gasteiger partial charge < -0.3 is 14.8 Å². The fourth-order valence-corrected chi connectivity index (χ4v) is 5.58. The van der Waals surface area contributed by atoms with E-state index < -0.39 is 0 Å². The van der Waals surface area contributed by atoms with Crippen LogP contribution in [0.3, 0.4) is 0 Å². The molecule has 3 heteroatoms. The van der Waals surface area contributed by atoms with E-state index in [9.17, 15) is 0 Å². The maximum atomic E-state index is 8.00. The molecule has 3 aromatic carbocycles. The summed E-state index contributed by atoms with van der Waals surface area (Å²) in [5.74, 6) is 2.57. The molecule has 1 aliphatic rings. The highest BCUT2D eigenvalue weighted by molar-refractivity contribution is 5.74. The molecule has 1 saturated carbocycles. The largest absolute Gasteiger partial charge is 0.492 e. The Labute approximate surface area is 249 Å². The van der Waals surface area contributed by atoms with Crippen molar-refractivity contribution in [3.05, 3.63) is 103 Å². The number of allylic oxidation sites excluding steroid dienone is 3. The second-order valence-electron chi connectivity index (χ2n) is 10.6. The van der Waals surface area contributed by atoms with Crippen molar-refractivity contribution in [2.75, 3.05) is 20.2 Å². The number of carbonyl (C=O) groups excluding carboxylic acids is 1. The first-order valence-electron chi connectivity index (χ1n) is 15.2. The molecule has 41 heavy (non-hydrogen) atoms. The molecule has 4 rings (SSSR count). The van der Waals surface area contributed by atoms with Crippen molar-refractivity contribution in [3.63, 3.8) is 0 Å². The molecule has 0 saturated heterocycles. The number of rotatable bonds is 11. The average molecular weight is 554 g/mol. The van der Waals surface area contributed by atoms with Gasteiger partial charge in [-0.1, -0.05) is 79.7 Å². The lowest BCUT2D eigenvalue weighted by molar-refractivity contribution is -0.0980. The highest BCUT2D eigenvalue weighted by atomic mass is 16.5. The van der Waals surface area contributed by atoms with Crippen LogP contribution in [-0.2, 0) is 11.2 Å². The van der Waals surface area contributed by atoms with Crippen LogP contribution in [0.1, 0.15) is 76.3 Å². The van der Waals surface area contributed by atoms with Gasteiger partial charge in [0.15, 0.2) is 0 Å². The van der Waals surface area contributed by atoms with Gasteiger partial charge in [-0.2, -0.15) is 0 Å². The van der Waals surface area contributed by atoms with Crippen molar-refractivity contribution >= 4 is 6.79 Å². The monoisotopic (exact) mass is 553 g/mol. The standard InChI is InChI=1S/C34H43NO.C3H6.CH2O/c1-4-6-7-8-26-9-11-28(12-10-26)29-13-15-31(16-14-29)34-22-19-32(25-27(34)5-2)30-17-20-33(21-18-30)36-24-23-35-3;1-3-2;1-2/h4,6,13-22,25-26,28,35H,5,7-12,23-24H2,1-3H3;3H,1H2,2H3;1H2/b6-4+;;. The van der Waals surface area contributed by atoms with Gasteiger partial charge >= 0.3 is 0 Å². The Balaban J connectivity index is 0.00000110. The lowest BCUT2D eigenvalue weighted by atomic mass is 9.77. The van der Waals surface area contributed by atoms with Crippen LogP contribution in [0.2, 0.25) is 0 Å². The molecule has 0 unspecified atom stereocenters. The number of hydrogen-bond donors (Lipinski definition) is 1. The third-order valence-corrected chi connectivity index (χ3v) is 7.81. The van der Waals surface area contributed by atoms with E-state index in [-0.39, 0.29) is 0 Å². The first-order chi connectivity index (χ1) is 20.1. The molecule has 3 nitrogen and oxygen atoms in total. The number of benzene rings is 3. The Morgan fingerprint density at radius 1 is 0.878 bits per heavy atom. The summed E-state index contributed by atoms with van der Waals surface area (Å²) in [6.45, 7) is 13.2. The van der Waals surface area contributed by atoms with Crippen molar-refractivity contribution in [3.8, 4) is 28.0 Å². The van der Waals surface area contributed by atoms with Crippen LogP contribution in [0, 0.1) is 5.92 Å². The van der Waals surface area contributed by atoms with Crippen LogP contribution >= 0.6 is 0 Å². The normalized spacial score (nSPS) is 16.2. The predicted octanol–water partition coefficient (Wildman–Crippen LogP) is 9.82. The maximum absolute atomic E-state index is 8.00. The molecule has 1 aliphatic carbocycles. The summed E-state index contributed by atoms with van der Waals surface area (Å²) in [4.78, 5) is 8.00. The predicted molar refractivity (Wildman–Crippen MR) is 178 cm³/mol. The van der Waals surface area contributed by atoms with Crippen molar-refractivity contribution in [1.82, 2.24) is 5.32 Å². The Hall–Kier alpha value is -3.43. The summed E-state index contributed by atoms with van der Waals surface area (Å²) >= 11 is 0. The van der Waals surface area contributed by atoms with E-state index in [1.54, 1.807) is 6.08 Å². The van der Waals surface area contributed by atoms with Crippen molar-refractivity contribution in [2.45, 2.75) is 71.6 Å². The molecule has 3 aromatic rings. The molecule has 0 aromatic heterocycles. The zero-order chi connectivity index (χ0) is 29.9. The number of aryl methyl sites for hydroxylation is 1. The summed E-state index contributed by atoms with van der Waals surface area (Å²) < 4.78 is 5.77. The molecule has 0 amide bonds. The van der Waals surface area contributed by atoms with Gasteiger partial charge in [-0.15, -0.1) is 6.58 Å². The summed E-state index contributed by atoms with van der Waals surface area (Å²) in [5, 5.41) is 3.11. The fourth-order valence-electron chi connectivity index (χ4n) is 5.58. The molecule has 0 radical (unpaired) electrons. The van der Waals surface area contributed by atoms with Gasteiger partial charge in [0, 0.05) is 6.54 Å². The first kappa shape index (κ1) is 33.8. The quantitative estimate of drug-likeness (QED) is 0.190. The lowest BCUT2D eigenvalue weighted by Crippen LogP contribution is -2.15. The second kappa shape index (κ2) is 19.6. The minimum Gasteiger partial charge on any atom is -0.492 e. The van der Waals surface area contributed by atoms with Gasteiger partial charge in [0.2, 0.25) is 0 Å². The molecule has 1 fully saturated rings.